The Morgan fingerprint density at radius 3 is 2.86 bits per heavy atom. The quantitative estimate of drug-likeness (QED) is 0.120. The molecule has 2 bridgehead atoms. The Kier molecular flexibility index (Phi) is 6.97. The number of ether oxygens (including phenoxy) is 1. The number of aromatic nitrogens is 5. The molecule has 1 saturated heterocycles. The topological polar surface area (TPSA) is 276 Å². The average Bonchev–Trinajstić information content (AvgIpc) is 3.72. The molecule has 10 N–H and O–H groups in total. The molecule has 4 aliphatic rings. The number of aromatic amines is 1. The third kappa shape index (κ3) is 5.13. The van der Waals surface area contributed by atoms with E-state index in [4.69, 9.17) is 38.7 Å². The monoisotopic (exact) mass is 678 g/mol. The average molecular weight is 678 g/mol. The van der Waals surface area contributed by atoms with Gasteiger partial charge in [0.25, 0.3) is 0 Å². The Morgan fingerprint density at radius 2 is 2.05 bits per heavy atom. The molecule has 1 fully saturated rings. The molecule has 0 amide bonds. The molecule has 0 aromatic carbocycles. The van der Waals surface area contributed by atoms with Crippen molar-refractivity contribution < 1.29 is 46.3 Å². The zero-order chi connectivity index (χ0) is 31.0. The fourth-order valence-electron chi connectivity index (χ4n) is 4.91. The summed E-state index contributed by atoms with van der Waals surface area (Å²) in [4.78, 5) is 52.2. The Bertz CT molecular complexity index is 1810. The fraction of sp³-hybridized carbons (Fsp3) is 0.300. The first-order valence-electron chi connectivity index (χ1n) is 12.7. The second-order valence-corrected chi connectivity index (χ2v) is 14.6. The van der Waals surface area contributed by atoms with Crippen molar-refractivity contribution in [1.29, 1.82) is 0 Å². The van der Waals surface area contributed by atoms with Crippen LogP contribution in [0.25, 0.3) is 17.0 Å². The first-order valence-corrected chi connectivity index (χ1v) is 17.5. The summed E-state index contributed by atoms with van der Waals surface area (Å²) < 4.78 is 49.8. The second-order valence-electron chi connectivity index (χ2n) is 9.78. The van der Waals surface area contributed by atoms with Crippen molar-refractivity contribution in [3.8, 4) is 5.75 Å². The van der Waals surface area contributed by atoms with Crippen LogP contribution >= 0.6 is 27.6 Å². The van der Waals surface area contributed by atoms with Gasteiger partial charge in [0.2, 0.25) is 0 Å². The van der Waals surface area contributed by atoms with E-state index in [9.17, 15) is 19.5 Å². The number of halogens is 1. The van der Waals surface area contributed by atoms with Gasteiger partial charge in [-0.3, -0.25) is 0 Å². The number of hydrogen-bond acceptors (Lipinski definition) is 19. The van der Waals surface area contributed by atoms with Crippen molar-refractivity contribution in [3.63, 3.8) is 0 Å². The van der Waals surface area contributed by atoms with E-state index in [1.165, 1.54) is 4.90 Å². The minimum atomic E-state index is -5.19. The van der Waals surface area contributed by atoms with E-state index in [0.29, 0.717) is 6.67 Å². The zero-order valence-corrected chi connectivity index (χ0v) is 24.9. The van der Waals surface area contributed by atoms with Crippen LogP contribution < -0.4 is 37.1 Å². The molecule has 7 rings (SSSR count). The Hall–Kier alpha value is -3.56. The third-order valence-corrected chi connectivity index (χ3v) is 9.43. The van der Waals surface area contributed by atoms with E-state index in [0.717, 1.165) is 10.9 Å². The molecule has 0 aliphatic carbocycles. The van der Waals surface area contributed by atoms with Crippen LogP contribution in [0.3, 0.4) is 0 Å². The van der Waals surface area contributed by atoms with Crippen LogP contribution in [0.1, 0.15) is 12.2 Å². The van der Waals surface area contributed by atoms with Crippen LogP contribution in [0.2, 0.25) is 0 Å². The standard InChI is InChI=1S/C20H25FN10O10P2S/c21-11-13-10(39-19(11)30-2-1-8-14(22)24-6-25-15(8)30)5-37-43(35,44)40-9-3-7(4-36-42(33,34)41-13)38-18(9)31-16-12(28-29-31)17(32)27-20(23)26-16/h1-2,4,8,14-15,24-25,33-35,42-44H,3,5-6,22H2,(H3,23,26,27,32)/b7-4+. The number of H-pyrrole nitrogens is 1. The van der Waals surface area contributed by atoms with Crippen molar-refractivity contribution in [2.24, 2.45) is 11.7 Å². The predicted molar refractivity (Wildman–Crippen MR) is 154 cm³/mol. The van der Waals surface area contributed by atoms with Crippen LogP contribution in [0.4, 0.5) is 16.2 Å². The summed E-state index contributed by atoms with van der Waals surface area (Å²) >= 11 is 4.15. The van der Waals surface area contributed by atoms with Gasteiger partial charge in [0.15, 0.2) is 0 Å². The molecule has 3 aromatic heterocycles. The second kappa shape index (κ2) is 10.5. The number of rotatable bonds is 2. The van der Waals surface area contributed by atoms with Crippen LogP contribution in [0, 0.1) is 11.7 Å². The van der Waals surface area contributed by atoms with Crippen LogP contribution in [0.15, 0.2) is 39.3 Å². The summed E-state index contributed by atoms with van der Waals surface area (Å²) in [7, 11) is -9.66. The molecular formula is C20H25FN10O10P2S. The normalized spacial score (nSPS) is 28.5. The predicted octanol–water partition coefficient (Wildman–Crippen LogP) is -0.703. The number of furan rings is 1. The summed E-state index contributed by atoms with van der Waals surface area (Å²) in [5.41, 5.74) is 10.8. The molecule has 0 radical (unpaired) electrons. The molecule has 0 spiro atoms. The van der Waals surface area contributed by atoms with Gasteiger partial charge in [-0.25, -0.2) is 0 Å². The third-order valence-electron chi connectivity index (χ3n) is 6.84. The first-order chi connectivity index (χ1) is 20.9. The van der Waals surface area contributed by atoms with Gasteiger partial charge < -0.3 is 0 Å². The van der Waals surface area contributed by atoms with Gasteiger partial charge in [0.1, 0.15) is 0 Å². The SMILES string of the molecule is Nc1nc2c(nnn2C2=C3C/C(=C\O[PH](O)(O)Oc4c(oc(N5C=CC6C(N)NCNC65)c4F)CO[PH](O)(S)O3)O2)c(=O)[nH]1. The van der Waals surface area contributed by atoms with Crippen molar-refractivity contribution in [2.75, 3.05) is 17.3 Å². The number of hydrogen-bond donors (Lipinski definition) is 9. The molecule has 3 unspecified atom stereocenters. The van der Waals surface area contributed by atoms with E-state index in [1.807, 2.05) is 0 Å². The van der Waals surface area contributed by atoms with Gasteiger partial charge >= 0.3 is 250 Å². The number of nitrogens with one attached hydrogen (secondary N) is 3. The number of nitrogen functional groups attached to an aromatic ring is 1. The zero-order valence-electron chi connectivity index (χ0n) is 22.0. The summed E-state index contributed by atoms with van der Waals surface area (Å²) in [5.74, 6) is -3.62. The Balaban J connectivity index is 1.25. The molecule has 0 saturated carbocycles. The van der Waals surface area contributed by atoms with Gasteiger partial charge in [-0.05, 0) is 0 Å². The molecule has 20 nitrogen and oxygen atoms in total. The molecular weight excluding hydrogens is 653 g/mol. The van der Waals surface area contributed by atoms with E-state index in [-0.39, 0.29) is 58.5 Å². The number of thiol groups is 1. The number of anilines is 2. The molecule has 44 heavy (non-hydrogen) atoms. The van der Waals surface area contributed by atoms with Crippen molar-refractivity contribution in [1.82, 2.24) is 35.6 Å². The summed E-state index contributed by atoms with van der Waals surface area (Å²) in [5, 5.41) is 13.8. The van der Waals surface area contributed by atoms with Gasteiger partial charge in [-0.2, -0.15) is 0 Å². The van der Waals surface area contributed by atoms with Crippen molar-refractivity contribution in [3.05, 3.63) is 52.0 Å². The van der Waals surface area contributed by atoms with Crippen molar-refractivity contribution in [2.45, 2.75) is 25.4 Å². The molecule has 3 aromatic rings. The Labute approximate surface area is 250 Å². The fourth-order valence-corrected chi connectivity index (χ4v) is 7.10. The number of nitrogens with zero attached hydrogens (tertiary/aromatic N) is 5. The van der Waals surface area contributed by atoms with Crippen LogP contribution in [-0.4, -0.2) is 58.6 Å². The van der Waals surface area contributed by atoms with Gasteiger partial charge in [-0.1, -0.05) is 0 Å². The number of fused-ring (bicyclic) bond motifs is 5. The van der Waals surface area contributed by atoms with E-state index < -0.39 is 51.4 Å². The van der Waals surface area contributed by atoms with Gasteiger partial charge in [-0.15, -0.1) is 0 Å². The molecule has 3 atom stereocenters. The van der Waals surface area contributed by atoms with Crippen molar-refractivity contribution >= 4 is 56.4 Å². The summed E-state index contributed by atoms with van der Waals surface area (Å²) in [6.07, 6.45) is 2.89. The van der Waals surface area contributed by atoms with Gasteiger partial charge in [0, 0.05) is 0 Å². The maximum absolute atomic E-state index is 15.8. The van der Waals surface area contributed by atoms with E-state index in [2.05, 4.69) is 43.2 Å². The number of nitrogens with two attached hydrogens (primary N) is 2. The molecule has 4 aliphatic heterocycles. The van der Waals surface area contributed by atoms with E-state index >= 15 is 4.39 Å². The van der Waals surface area contributed by atoms with Gasteiger partial charge in [0.05, 0.1) is 0 Å². The van der Waals surface area contributed by atoms with Crippen LogP contribution in [0.5, 0.6) is 5.75 Å². The summed E-state index contributed by atoms with van der Waals surface area (Å²) in [6.45, 7) is -0.375. The summed E-state index contributed by atoms with van der Waals surface area (Å²) in [6, 6.07) is 0. The first kappa shape index (κ1) is 29.2. The maximum atomic E-state index is 15.8. The molecule has 24 heteroatoms. The van der Waals surface area contributed by atoms with E-state index in [1.54, 1.807) is 12.3 Å². The minimum absolute atomic E-state index is 0.118. The molecule has 7 heterocycles. The van der Waals surface area contributed by atoms with Crippen LogP contribution in [-0.2, 0) is 24.9 Å². The Morgan fingerprint density at radius 1 is 1.23 bits per heavy atom. The molecule has 238 valence electrons.